The average Bonchev–Trinajstić information content (AvgIpc) is 3.18. The highest BCUT2D eigenvalue weighted by atomic mass is 16.7. The standard InChI is InChI=1S/C48H99NO5/c1-5-9-13-17-21-33-43-51-47(52-44-34-22-18-14-10-6-2)37-27-25-29-39-49(41-31-32-42-50)40-30-26-28-38-48(53-45-35-23-19-15-11-7-3)54-46-36-24-20-16-12-8-4/h47-48,50H,5-46H2,1-4H3. The van der Waals surface area contributed by atoms with E-state index in [1.165, 1.54) is 167 Å². The quantitative estimate of drug-likeness (QED) is 0.0491. The fraction of sp³-hybridized carbons (Fsp3) is 1.00. The Morgan fingerprint density at radius 3 is 0.870 bits per heavy atom. The Morgan fingerprint density at radius 1 is 0.315 bits per heavy atom. The van der Waals surface area contributed by atoms with E-state index in [4.69, 9.17) is 18.9 Å². The third kappa shape index (κ3) is 41.4. The van der Waals surface area contributed by atoms with Crippen molar-refractivity contribution in [1.29, 1.82) is 0 Å². The summed E-state index contributed by atoms with van der Waals surface area (Å²) in [4.78, 5) is 2.65. The molecule has 1 N–H and O–H groups in total. The Kier molecular flexibility index (Phi) is 46.9. The van der Waals surface area contributed by atoms with Crippen molar-refractivity contribution in [2.45, 2.75) is 259 Å². The van der Waals surface area contributed by atoms with E-state index >= 15 is 0 Å². The molecule has 0 rings (SSSR count). The highest BCUT2D eigenvalue weighted by Crippen LogP contribution is 2.16. The first kappa shape index (κ1) is 53.8. The third-order valence-electron chi connectivity index (χ3n) is 10.9. The minimum Gasteiger partial charge on any atom is -0.396 e. The van der Waals surface area contributed by atoms with Gasteiger partial charge in [-0.05, 0) is 96.7 Å². The van der Waals surface area contributed by atoms with Crippen molar-refractivity contribution in [1.82, 2.24) is 4.90 Å². The van der Waals surface area contributed by atoms with Gasteiger partial charge in [-0.2, -0.15) is 0 Å². The van der Waals surface area contributed by atoms with Crippen molar-refractivity contribution in [3.05, 3.63) is 0 Å². The van der Waals surface area contributed by atoms with Gasteiger partial charge in [0.15, 0.2) is 12.6 Å². The largest absolute Gasteiger partial charge is 0.396 e. The van der Waals surface area contributed by atoms with Crippen LogP contribution in [0.15, 0.2) is 0 Å². The normalized spacial score (nSPS) is 12.0. The van der Waals surface area contributed by atoms with Crippen molar-refractivity contribution >= 4 is 0 Å². The van der Waals surface area contributed by atoms with Crippen LogP contribution in [0.4, 0.5) is 0 Å². The fourth-order valence-electron chi connectivity index (χ4n) is 7.25. The van der Waals surface area contributed by atoms with Gasteiger partial charge in [-0.1, -0.05) is 169 Å². The zero-order valence-electron chi connectivity index (χ0n) is 37.4. The van der Waals surface area contributed by atoms with Gasteiger partial charge in [0.1, 0.15) is 0 Å². The van der Waals surface area contributed by atoms with Crippen LogP contribution >= 0.6 is 0 Å². The van der Waals surface area contributed by atoms with E-state index in [1.54, 1.807) is 0 Å². The second-order valence-electron chi connectivity index (χ2n) is 16.4. The van der Waals surface area contributed by atoms with Gasteiger partial charge in [0, 0.05) is 33.0 Å². The van der Waals surface area contributed by atoms with Crippen LogP contribution in [0, 0.1) is 0 Å². The summed E-state index contributed by atoms with van der Waals surface area (Å²) >= 11 is 0. The van der Waals surface area contributed by atoms with Gasteiger partial charge >= 0.3 is 0 Å². The molecule has 0 fully saturated rings. The maximum atomic E-state index is 9.41. The van der Waals surface area contributed by atoms with Gasteiger partial charge in [0.2, 0.25) is 0 Å². The zero-order valence-corrected chi connectivity index (χ0v) is 37.4. The van der Waals surface area contributed by atoms with Gasteiger partial charge in [-0.3, -0.25) is 0 Å². The predicted molar refractivity (Wildman–Crippen MR) is 235 cm³/mol. The van der Waals surface area contributed by atoms with Crippen LogP contribution in [0.1, 0.15) is 246 Å². The average molecular weight is 770 g/mol. The molecule has 0 saturated carbocycles. The lowest BCUT2D eigenvalue weighted by molar-refractivity contribution is -0.148. The number of nitrogens with zero attached hydrogens (tertiary/aromatic N) is 1. The van der Waals surface area contributed by atoms with E-state index in [-0.39, 0.29) is 12.6 Å². The second kappa shape index (κ2) is 47.1. The summed E-state index contributed by atoms with van der Waals surface area (Å²) in [6, 6.07) is 0. The van der Waals surface area contributed by atoms with Crippen LogP contribution in [0.3, 0.4) is 0 Å². The number of unbranched alkanes of at least 4 members (excludes halogenated alkanes) is 25. The molecule has 0 saturated heterocycles. The molecule has 0 atom stereocenters. The molecule has 0 heterocycles. The van der Waals surface area contributed by atoms with Crippen molar-refractivity contribution in [2.24, 2.45) is 0 Å². The SMILES string of the molecule is CCCCCCCCOC(CCCCCN(CCCCO)CCCCCC(OCCCCCCCC)OCCCCCCCC)OCCCCCCCC. The number of ether oxygens (including phenoxy) is 4. The summed E-state index contributed by atoms with van der Waals surface area (Å²) in [6.45, 7) is 16.2. The molecule has 54 heavy (non-hydrogen) atoms. The molecule has 0 aromatic carbocycles. The highest BCUT2D eigenvalue weighted by Gasteiger charge is 2.12. The molecule has 0 aromatic rings. The molecular weight excluding hydrogens is 671 g/mol. The maximum Gasteiger partial charge on any atom is 0.157 e. The Hall–Kier alpha value is -0.240. The molecule has 0 aliphatic heterocycles. The maximum absolute atomic E-state index is 9.41. The summed E-state index contributed by atoms with van der Waals surface area (Å²) in [5.41, 5.74) is 0. The highest BCUT2D eigenvalue weighted by molar-refractivity contribution is 4.61. The number of aliphatic hydroxyl groups excluding tert-OH is 1. The van der Waals surface area contributed by atoms with E-state index in [0.29, 0.717) is 6.61 Å². The third-order valence-corrected chi connectivity index (χ3v) is 10.9. The Morgan fingerprint density at radius 2 is 0.574 bits per heavy atom. The van der Waals surface area contributed by atoms with Crippen LogP contribution in [-0.4, -0.2) is 75.3 Å². The molecule has 0 spiro atoms. The number of hydrogen-bond donors (Lipinski definition) is 1. The van der Waals surface area contributed by atoms with Crippen molar-refractivity contribution < 1.29 is 24.1 Å². The van der Waals surface area contributed by atoms with E-state index in [0.717, 1.165) is 97.4 Å². The minimum absolute atomic E-state index is 0.0367. The Balaban J connectivity index is 4.59. The van der Waals surface area contributed by atoms with Gasteiger partial charge in [0.25, 0.3) is 0 Å². The molecule has 0 aliphatic rings. The minimum atomic E-state index is -0.0367. The number of rotatable bonds is 48. The molecule has 0 aromatic heterocycles. The molecule has 0 unspecified atom stereocenters. The van der Waals surface area contributed by atoms with Crippen LogP contribution in [0.25, 0.3) is 0 Å². The van der Waals surface area contributed by atoms with Gasteiger partial charge in [-0.15, -0.1) is 0 Å². The van der Waals surface area contributed by atoms with Crippen molar-refractivity contribution in [3.63, 3.8) is 0 Å². The van der Waals surface area contributed by atoms with Crippen molar-refractivity contribution in [3.8, 4) is 0 Å². The Bertz CT molecular complexity index is 581. The lowest BCUT2D eigenvalue weighted by atomic mass is 10.1. The van der Waals surface area contributed by atoms with E-state index in [2.05, 4.69) is 32.6 Å². The predicted octanol–water partition coefficient (Wildman–Crippen LogP) is 14.3. The van der Waals surface area contributed by atoms with Gasteiger partial charge in [-0.25, -0.2) is 0 Å². The lowest BCUT2D eigenvalue weighted by Gasteiger charge is -2.23. The summed E-state index contributed by atoms with van der Waals surface area (Å²) < 4.78 is 25.2. The van der Waals surface area contributed by atoms with Crippen LogP contribution in [0.2, 0.25) is 0 Å². The zero-order chi connectivity index (χ0) is 39.3. The first-order chi connectivity index (χ1) is 26.7. The second-order valence-corrected chi connectivity index (χ2v) is 16.4. The van der Waals surface area contributed by atoms with Gasteiger partial charge < -0.3 is 29.0 Å². The molecule has 0 radical (unpaired) electrons. The molecule has 0 amide bonds. The summed E-state index contributed by atoms with van der Waals surface area (Å²) in [6.07, 6.45) is 42.3. The molecule has 0 aliphatic carbocycles. The van der Waals surface area contributed by atoms with Crippen LogP contribution in [0.5, 0.6) is 0 Å². The first-order valence-corrected chi connectivity index (χ1v) is 24.5. The smallest absolute Gasteiger partial charge is 0.157 e. The molecule has 326 valence electrons. The Labute approximate surface area is 339 Å². The first-order valence-electron chi connectivity index (χ1n) is 24.5. The fourth-order valence-corrected chi connectivity index (χ4v) is 7.25. The lowest BCUT2D eigenvalue weighted by Crippen LogP contribution is -2.27. The topological polar surface area (TPSA) is 60.4 Å². The molecule has 6 heteroatoms. The van der Waals surface area contributed by atoms with E-state index in [9.17, 15) is 5.11 Å². The van der Waals surface area contributed by atoms with E-state index < -0.39 is 0 Å². The van der Waals surface area contributed by atoms with E-state index in [1.807, 2.05) is 0 Å². The monoisotopic (exact) mass is 770 g/mol. The molecule has 6 nitrogen and oxygen atoms in total. The summed E-state index contributed by atoms with van der Waals surface area (Å²) in [7, 11) is 0. The number of hydrogen-bond acceptors (Lipinski definition) is 6. The number of aliphatic hydroxyl groups is 1. The summed E-state index contributed by atoms with van der Waals surface area (Å²) in [5, 5.41) is 9.41. The van der Waals surface area contributed by atoms with Gasteiger partial charge in [0.05, 0.1) is 0 Å². The molecule has 0 bridgehead atoms. The van der Waals surface area contributed by atoms with Crippen LogP contribution < -0.4 is 0 Å². The van der Waals surface area contributed by atoms with Crippen LogP contribution in [-0.2, 0) is 18.9 Å². The summed E-state index contributed by atoms with van der Waals surface area (Å²) in [5.74, 6) is 0. The van der Waals surface area contributed by atoms with Crippen molar-refractivity contribution in [2.75, 3.05) is 52.7 Å². The molecular formula is C48H99NO5.